The van der Waals surface area contributed by atoms with Gasteiger partial charge in [0.25, 0.3) is 0 Å². The molecule has 0 fully saturated rings. The Hall–Kier alpha value is -1.20. The van der Waals surface area contributed by atoms with Crippen LogP contribution < -0.4 is 5.32 Å². The molecule has 0 spiro atoms. The number of hydrogen-bond acceptors (Lipinski definition) is 2. The second-order valence-corrected chi connectivity index (χ2v) is 4.84. The van der Waals surface area contributed by atoms with Crippen LogP contribution in [-0.2, 0) is 13.5 Å². The molecular weight excluding hydrogens is 297 g/mol. The van der Waals surface area contributed by atoms with Crippen LogP contribution in [0.5, 0.6) is 0 Å². The van der Waals surface area contributed by atoms with Crippen LogP contribution in [0.3, 0.4) is 0 Å². The molecule has 0 bridgehead atoms. The molecule has 0 aliphatic rings. The highest BCUT2D eigenvalue weighted by atomic mass is 79.9. The Kier molecular flexibility index (Phi) is 4.14. The summed E-state index contributed by atoms with van der Waals surface area (Å²) in [5, 5.41) is 3.12. The normalized spacial score (nSPS) is 10.9. The molecule has 3 nitrogen and oxygen atoms in total. The molecule has 1 aromatic carbocycles. The molecule has 0 unspecified atom stereocenters. The number of rotatable bonds is 4. The van der Waals surface area contributed by atoms with Crippen molar-refractivity contribution in [2.24, 2.45) is 7.05 Å². The summed E-state index contributed by atoms with van der Waals surface area (Å²) in [6.45, 7) is 0.890. The Balaban J connectivity index is 2.37. The summed E-state index contributed by atoms with van der Waals surface area (Å²) in [4.78, 5) is 4.49. The van der Waals surface area contributed by atoms with Crippen molar-refractivity contribution in [1.29, 1.82) is 0 Å². The van der Waals surface area contributed by atoms with Gasteiger partial charge in [0.1, 0.15) is 16.2 Å². The fourth-order valence-electron chi connectivity index (χ4n) is 1.87. The number of hydrogen-bond donors (Lipinski definition) is 1. The van der Waals surface area contributed by atoms with E-state index in [1.54, 1.807) is 12.1 Å². The van der Waals surface area contributed by atoms with E-state index >= 15 is 0 Å². The number of halogens is 2. The molecular formula is C13H15BrFN3. The van der Waals surface area contributed by atoms with Gasteiger partial charge in [0, 0.05) is 25.6 Å². The molecule has 5 heteroatoms. The second-order valence-electron chi connectivity index (χ2n) is 4.09. The first kappa shape index (κ1) is 13.2. The van der Waals surface area contributed by atoms with Crippen molar-refractivity contribution < 1.29 is 4.39 Å². The molecule has 0 saturated carbocycles. The average Bonchev–Trinajstić information content (AvgIpc) is 2.64. The molecule has 0 atom stereocenters. The highest BCUT2D eigenvalue weighted by Gasteiger charge is 2.13. The van der Waals surface area contributed by atoms with Gasteiger partial charge in [-0.15, -0.1) is 0 Å². The number of imidazole rings is 1. The number of likely N-dealkylation sites (N-methyl/N-ethyl adjacent to an activating group) is 1. The minimum absolute atomic E-state index is 0.234. The van der Waals surface area contributed by atoms with Gasteiger partial charge >= 0.3 is 0 Å². The van der Waals surface area contributed by atoms with Gasteiger partial charge in [-0.25, -0.2) is 9.37 Å². The molecule has 0 radical (unpaired) electrons. The van der Waals surface area contributed by atoms with Crippen LogP contribution in [0.15, 0.2) is 28.9 Å². The van der Waals surface area contributed by atoms with Crippen LogP contribution in [0, 0.1) is 5.82 Å². The van der Waals surface area contributed by atoms with E-state index in [0.29, 0.717) is 0 Å². The van der Waals surface area contributed by atoms with E-state index in [-0.39, 0.29) is 5.82 Å². The zero-order chi connectivity index (χ0) is 13.1. The monoisotopic (exact) mass is 311 g/mol. The molecule has 1 heterocycles. The summed E-state index contributed by atoms with van der Waals surface area (Å²) >= 11 is 3.48. The Morgan fingerprint density at radius 2 is 2.00 bits per heavy atom. The Bertz CT molecular complexity index is 534. The SMILES string of the molecule is CNCCc1c(Br)nc(-c2ccc(F)cc2)n1C. The van der Waals surface area contributed by atoms with Crippen molar-refractivity contribution in [3.8, 4) is 11.4 Å². The Morgan fingerprint density at radius 1 is 1.33 bits per heavy atom. The van der Waals surface area contributed by atoms with Gasteiger partial charge in [0.05, 0.1) is 5.69 Å². The van der Waals surface area contributed by atoms with Gasteiger partial charge in [0.2, 0.25) is 0 Å². The molecule has 0 amide bonds. The lowest BCUT2D eigenvalue weighted by Crippen LogP contribution is -2.12. The summed E-state index contributed by atoms with van der Waals surface area (Å²) in [5.41, 5.74) is 2.04. The van der Waals surface area contributed by atoms with Crippen molar-refractivity contribution in [2.75, 3.05) is 13.6 Å². The summed E-state index contributed by atoms with van der Waals surface area (Å²) < 4.78 is 15.8. The van der Waals surface area contributed by atoms with E-state index in [4.69, 9.17) is 0 Å². The van der Waals surface area contributed by atoms with Gasteiger partial charge in [-0.3, -0.25) is 0 Å². The standard InChI is InChI=1S/C13H15BrFN3/c1-16-8-7-11-12(14)17-13(18(11)2)9-3-5-10(15)6-4-9/h3-6,16H,7-8H2,1-2H3. The summed E-state index contributed by atoms with van der Waals surface area (Å²) in [6, 6.07) is 6.38. The first-order valence-corrected chi connectivity index (χ1v) is 6.54. The van der Waals surface area contributed by atoms with Crippen LogP contribution in [0.25, 0.3) is 11.4 Å². The number of nitrogens with zero attached hydrogens (tertiary/aromatic N) is 2. The van der Waals surface area contributed by atoms with Crippen molar-refractivity contribution >= 4 is 15.9 Å². The van der Waals surface area contributed by atoms with Crippen LogP contribution >= 0.6 is 15.9 Å². The largest absolute Gasteiger partial charge is 0.330 e. The summed E-state index contributed by atoms with van der Waals surface area (Å²) in [6.07, 6.45) is 0.891. The van der Waals surface area contributed by atoms with E-state index in [0.717, 1.165) is 34.7 Å². The molecule has 0 aliphatic carbocycles. The molecule has 0 saturated heterocycles. The predicted molar refractivity (Wildman–Crippen MR) is 73.9 cm³/mol. The highest BCUT2D eigenvalue weighted by molar-refractivity contribution is 9.10. The number of aromatic nitrogens is 2. The van der Waals surface area contributed by atoms with Gasteiger partial charge in [0.15, 0.2) is 0 Å². The number of benzene rings is 1. The molecule has 1 aromatic heterocycles. The van der Waals surface area contributed by atoms with Crippen LogP contribution in [0.2, 0.25) is 0 Å². The molecule has 2 aromatic rings. The van der Waals surface area contributed by atoms with Gasteiger partial charge in [-0.1, -0.05) is 0 Å². The highest BCUT2D eigenvalue weighted by Crippen LogP contribution is 2.25. The van der Waals surface area contributed by atoms with Gasteiger partial charge < -0.3 is 9.88 Å². The first-order chi connectivity index (χ1) is 8.63. The smallest absolute Gasteiger partial charge is 0.141 e. The Morgan fingerprint density at radius 3 is 2.61 bits per heavy atom. The maximum absolute atomic E-state index is 12.9. The lowest BCUT2D eigenvalue weighted by atomic mass is 10.2. The number of nitrogens with one attached hydrogen (secondary N) is 1. The fourth-order valence-corrected chi connectivity index (χ4v) is 2.50. The zero-order valence-electron chi connectivity index (χ0n) is 10.4. The van der Waals surface area contributed by atoms with Crippen LogP contribution in [0.4, 0.5) is 4.39 Å². The predicted octanol–water partition coefficient (Wildman–Crippen LogP) is 2.75. The van der Waals surface area contributed by atoms with Gasteiger partial charge in [-0.2, -0.15) is 0 Å². The molecule has 96 valence electrons. The molecule has 0 aliphatic heterocycles. The van der Waals surface area contributed by atoms with E-state index in [1.165, 1.54) is 12.1 Å². The minimum Gasteiger partial charge on any atom is -0.330 e. The Labute approximate surface area is 114 Å². The summed E-state index contributed by atoms with van der Waals surface area (Å²) in [7, 11) is 3.90. The lowest BCUT2D eigenvalue weighted by Gasteiger charge is -2.06. The maximum atomic E-state index is 12.9. The zero-order valence-corrected chi connectivity index (χ0v) is 12.0. The van der Waals surface area contributed by atoms with E-state index in [2.05, 4.69) is 26.2 Å². The second kappa shape index (κ2) is 5.63. The molecule has 1 N–H and O–H groups in total. The third-order valence-corrected chi connectivity index (χ3v) is 3.51. The van der Waals surface area contributed by atoms with E-state index < -0.39 is 0 Å². The average molecular weight is 312 g/mol. The van der Waals surface area contributed by atoms with E-state index in [1.807, 2.05) is 18.7 Å². The third-order valence-electron chi connectivity index (χ3n) is 2.88. The molecule has 2 rings (SSSR count). The van der Waals surface area contributed by atoms with Gasteiger partial charge in [-0.05, 0) is 47.2 Å². The van der Waals surface area contributed by atoms with Crippen LogP contribution in [-0.4, -0.2) is 23.1 Å². The van der Waals surface area contributed by atoms with Crippen molar-refractivity contribution in [3.63, 3.8) is 0 Å². The minimum atomic E-state index is -0.234. The van der Waals surface area contributed by atoms with Crippen molar-refractivity contribution in [2.45, 2.75) is 6.42 Å². The quantitative estimate of drug-likeness (QED) is 0.941. The molecule has 18 heavy (non-hydrogen) atoms. The topological polar surface area (TPSA) is 29.9 Å². The third kappa shape index (κ3) is 2.62. The van der Waals surface area contributed by atoms with Crippen molar-refractivity contribution in [3.05, 3.63) is 40.4 Å². The van der Waals surface area contributed by atoms with Crippen molar-refractivity contribution in [1.82, 2.24) is 14.9 Å². The lowest BCUT2D eigenvalue weighted by molar-refractivity contribution is 0.628. The first-order valence-electron chi connectivity index (χ1n) is 5.75. The maximum Gasteiger partial charge on any atom is 0.141 e. The fraction of sp³-hybridized carbons (Fsp3) is 0.308. The van der Waals surface area contributed by atoms with Crippen LogP contribution in [0.1, 0.15) is 5.69 Å². The summed E-state index contributed by atoms with van der Waals surface area (Å²) in [5.74, 6) is 0.607. The van der Waals surface area contributed by atoms with E-state index in [9.17, 15) is 4.39 Å².